The van der Waals surface area contributed by atoms with E-state index in [-0.39, 0.29) is 18.7 Å². The van der Waals surface area contributed by atoms with E-state index in [0.29, 0.717) is 11.4 Å². The molecule has 0 bridgehead atoms. The van der Waals surface area contributed by atoms with Gasteiger partial charge in [-0.25, -0.2) is 4.79 Å². The Morgan fingerprint density at radius 3 is 2.56 bits per heavy atom. The van der Waals surface area contributed by atoms with E-state index in [4.69, 9.17) is 11.2 Å². The molecule has 2 amide bonds. The summed E-state index contributed by atoms with van der Waals surface area (Å²) in [6, 6.07) is 6.72. The second-order valence-electron chi connectivity index (χ2n) is 5.78. The lowest BCUT2D eigenvalue weighted by atomic mass is 10.0. The number of carbonyl (C=O) groups is 1. The monoisotopic (exact) mass is 340 g/mol. The van der Waals surface area contributed by atoms with Gasteiger partial charge in [0.15, 0.2) is 0 Å². The van der Waals surface area contributed by atoms with Gasteiger partial charge in [0.2, 0.25) is 0 Å². The number of rotatable bonds is 6. The van der Waals surface area contributed by atoms with Gasteiger partial charge >= 0.3 is 6.03 Å². The lowest BCUT2D eigenvalue weighted by Gasteiger charge is -2.18. The maximum atomic E-state index is 12.3. The van der Waals surface area contributed by atoms with Crippen LogP contribution in [0, 0.1) is 26.2 Å². The summed E-state index contributed by atoms with van der Waals surface area (Å²) in [6.45, 7) is 6.22. The van der Waals surface area contributed by atoms with Crippen LogP contribution in [-0.2, 0) is 7.05 Å². The fourth-order valence-corrected chi connectivity index (χ4v) is 2.76. The molecule has 2 N–H and O–H groups in total. The van der Waals surface area contributed by atoms with Gasteiger partial charge in [0, 0.05) is 24.0 Å². The van der Waals surface area contributed by atoms with E-state index in [1.165, 1.54) is 0 Å². The average Bonchev–Trinajstić information content (AvgIpc) is 2.84. The number of urea groups is 1. The number of ether oxygens (including phenoxy) is 1. The van der Waals surface area contributed by atoms with Crippen molar-refractivity contribution in [2.75, 3.05) is 11.9 Å². The van der Waals surface area contributed by atoms with Crippen molar-refractivity contribution in [3.8, 4) is 18.1 Å². The molecule has 1 atom stereocenters. The Kier molecular flexibility index (Phi) is 6.07. The smallest absolute Gasteiger partial charge is 0.319 e. The molecule has 0 saturated carbocycles. The molecule has 0 fully saturated rings. The third-order valence-corrected chi connectivity index (χ3v) is 4.06. The van der Waals surface area contributed by atoms with Gasteiger partial charge in [-0.15, -0.1) is 6.42 Å². The number of terminal acetylenes is 1. The minimum atomic E-state index is -0.258. The number of nitrogens with zero attached hydrogens (tertiary/aromatic N) is 2. The number of aromatic nitrogens is 2. The maximum absolute atomic E-state index is 12.3. The van der Waals surface area contributed by atoms with Crippen LogP contribution in [0.25, 0.3) is 0 Å². The molecule has 1 aromatic carbocycles. The van der Waals surface area contributed by atoms with Crippen LogP contribution in [0.3, 0.4) is 0 Å². The minimum Gasteiger partial charge on any atom is -0.481 e. The van der Waals surface area contributed by atoms with Crippen molar-refractivity contribution < 1.29 is 9.53 Å². The Bertz CT molecular complexity index is 772. The zero-order chi connectivity index (χ0) is 18.4. The van der Waals surface area contributed by atoms with E-state index in [1.807, 2.05) is 32.5 Å². The number of benzene rings is 1. The van der Waals surface area contributed by atoms with Crippen LogP contribution in [0.5, 0.6) is 5.75 Å². The second-order valence-corrected chi connectivity index (χ2v) is 5.78. The average molecular weight is 340 g/mol. The van der Waals surface area contributed by atoms with E-state index in [2.05, 4.69) is 21.7 Å². The first kappa shape index (κ1) is 18.4. The fraction of sp³-hybridized carbons (Fsp3) is 0.368. The normalized spacial score (nSPS) is 11.5. The summed E-state index contributed by atoms with van der Waals surface area (Å²) in [5, 5.41) is 10.3. The summed E-state index contributed by atoms with van der Waals surface area (Å²) in [4.78, 5) is 12.3. The molecule has 0 aliphatic rings. The van der Waals surface area contributed by atoms with Crippen molar-refractivity contribution in [2.45, 2.75) is 33.2 Å². The molecule has 0 unspecified atom stereocenters. The molecule has 132 valence electrons. The topological polar surface area (TPSA) is 68.2 Å². The SMILES string of the molecule is C#CCOc1ccc(NC(=O)N[C@H](CC)c2c(C)nn(C)c2C)cc1. The van der Waals surface area contributed by atoms with E-state index in [0.717, 1.165) is 23.4 Å². The summed E-state index contributed by atoms with van der Waals surface area (Å²) >= 11 is 0. The maximum Gasteiger partial charge on any atom is 0.319 e. The second kappa shape index (κ2) is 8.25. The standard InChI is InChI=1S/C19H24N4O2/c1-6-12-25-16-10-8-15(9-11-16)20-19(24)21-17(7-2)18-13(3)22-23(5)14(18)4/h1,8-11,17H,7,12H2,2-5H3,(H2,20,21,24)/t17-/m1/s1. The molecule has 1 aromatic heterocycles. The first-order valence-corrected chi connectivity index (χ1v) is 8.20. The van der Waals surface area contributed by atoms with Crippen LogP contribution in [-0.4, -0.2) is 22.4 Å². The zero-order valence-electron chi connectivity index (χ0n) is 15.1. The van der Waals surface area contributed by atoms with E-state index in [9.17, 15) is 4.79 Å². The molecular formula is C19H24N4O2. The first-order valence-electron chi connectivity index (χ1n) is 8.20. The highest BCUT2D eigenvalue weighted by atomic mass is 16.5. The molecule has 2 rings (SSSR count). The van der Waals surface area contributed by atoms with Crippen LogP contribution in [0.15, 0.2) is 24.3 Å². The Balaban J connectivity index is 2.02. The number of amides is 2. The van der Waals surface area contributed by atoms with Gasteiger partial charge in [0.05, 0.1) is 11.7 Å². The first-order chi connectivity index (χ1) is 12.0. The largest absolute Gasteiger partial charge is 0.481 e. The molecule has 1 heterocycles. The lowest BCUT2D eigenvalue weighted by molar-refractivity contribution is 0.248. The highest BCUT2D eigenvalue weighted by molar-refractivity contribution is 5.89. The molecular weight excluding hydrogens is 316 g/mol. The van der Waals surface area contributed by atoms with Crippen molar-refractivity contribution in [3.05, 3.63) is 41.2 Å². The quantitative estimate of drug-likeness (QED) is 0.793. The van der Waals surface area contributed by atoms with Gasteiger partial charge in [-0.05, 0) is 44.5 Å². The minimum absolute atomic E-state index is 0.0908. The van der Waals surface area contributed by atoms with Gasteiger partial charge in [-0.3, -0.25) is 4.68 Å². The molecule has 25 heavy (non-hydrogen) atoms. The van der Waals surface area contributed by atoms with Gasteiger partial charge in [-0.1, -0.05) is 12.8 Å². The van der Waals surface area contributed by atoms with Gasteiger partial charge < -0.3 is 15.4 Å². The van der Waals surface area contributed by atoms with Gasteiger partial charge in [0.25, 0.3) is 0 Å². The molecule has 0 aliphatic heterocycles. The number of aryl methyl sites for hydroxylation is 2. The molecule has 6 nitrogen and oxygen atoms in total. The number of anilines is 1. The zero-order valence-corrected chi connectivity index (χ0v) is 15.1. The number of hydrogen-bond donors (Lipinski definition) is 2. The Morgan fingerprint density at radius 1 is 1.36 bits per heavy atom. The summed E-state index contributed by atoms with van der Waals surface area (Å²) in [5.74, 6) is 3.07. The number of nitrogens with one attached hydrogen (secondary N) is 2. The van der Waals surface area contributed by atoms with Crippen molar-refractivity contribution >= 4 is 11.7 Å². The summed E-state index contributed by atoms with van der Waals surface area (Å²) in [6.07, 6.45) is 5.93. The molecule has 2 aromatic rings. The van der Waals surface area contributed by atoms with Gasteiger partial charge in [0.1, 0.15) is 12.4 Å². The van der Waals surface area contributed by atoms with Crippen LogP contribution >= 0.6 is 0 Å². The van der Waals surface area contributed by atoms with Gasteiger partial charge in [-0.2, -0.15) is 5.10 Å². The van der Waals surface area contributed by atoms with E-state index in [1.54, 1.807) is 24.3 Å². The Morgan fingerprint density at radius 2 is 2.04 bits per heavy atom. The predicted molar refractivity (Wildman–Crippen MR) is 98.6 cm³/mol. The molecule has 0 radical (unpaired) electrons. The van der Waals surface area contributed by atoms with Crippen LogP contribution in [0.2, 0.25) is 0 Å². The van der Waals surface area contributed by atoms with Crippen LogP contribution in [0.1, 0.15) is 36.3 Å². The molecule has 0 aliphatic carbocycles. The van der Waals surface area contributed by atoms with Crippen molar-refractivity contribution in [1.29, 1.82) is 0 Å². The third-order valence-electron chi connectivity index (χ3n) is 4.06. The number of hydrogen-bond acceptors (Lipinski definition) is 3. The van der Waals surface area contributed by atoms with E-state index >= 15 is 0 Å². The molecule has 0 saturated heterocycles. The van der Waals surface area contributed by atoms with Crippen LogP contribution in [0.4, 0.5) is 10.5 Å². The van der Waals surface area contributed by atoms with Crippen molar-refractivity contribution in [2.24, 2.45) is 7.05 Å². The summed E-state index contributed by atoms with van der Waals surface area (Å²) in [7, 11) is 1.91. The number of carbonyl (C=O) groups excluding carboxylic acids is 1. The predicted octanol–water partition coefficient (Wildman–Crippen LogP) is 3.32. The Labute approximate surface area is 148 Å². The molecule has 6 heteroatoms. The third kappa shape index (κ3) is 4.54. The van der Waals surface area contributed by atoms with Crippen molar-refractivity contribution in [1.82, 2.24) is 15.1 Å². The molecule has 0 spiro atoms. The summed E-state index contributed by atoms with van der Waals surface area (Å²) < 4.78 is 7.15. The fourth-order valence-electron chi connectivity index (χ4n) is 2.76. The van der Waals surface area contributed by atoms with Crippen LogP contribution < -0.4 is 15.4 Å². The highest BCUT2D eigenvalue weighted by Crippen LogP contribution is 2.24. The Hall–Kier alpha value is -2.94. The van der Waals surface area contributed by atoms with Crippen molar-refractivity contribution in [3.63, 3.8) is 0 Å². The lowest BCUT2D eigenvalue weighted by Crippen LogP contribution is -2.32. The summed E-state index contributed by atoms with van der Waals surface area (Å²) in [5.41, 5.74) is 3.74. The highest BCUT2D eigenvalue weighted by Gasteiger charge is 2.20. The van der Waals surface area contributed by atoms with E-state index < -0.39 is 0 Å².